The van der Waals surface area contributed by atoms with E-state index in [2.05, 4.69) is 0 Å². The van der Waals surface area contributed by atoms with Crippen LogP contribution in [-0.4, -0.2) is 59.0 Å². The number of hydrogen-bond acceptors (Lipinski definition) is 3. The Bertz CT molecular complexity index is 357. The third kappa shape index (κ3) is 3.26. The number of amides is 2. The fourth-order valence-corrected chi connectivity index (χ4v) is 2.94. The Balaban J connectivity index is 1.93. The zero-order chi connectivity index (χ0) is 14.0. The number of aliphatic hydroxyl groups is 1. The third-order valence-electron chi connectivity index (χ3n) is 4.05. The van der Waals surface area contributed by atoms with Gasteiger partial charge in [0.25, 0.3) is 0 Å². The van der Waals surface area contributed by atoms with Crippen LogP contribution in [0, 0.1) is 11.8 Å². The number of hydrogen-bond donors (Lipinski definition) is 1. The molecule has 2 aliphatic heterocycles. The highest BCUT2D eigenvalue weighted by Gasteiger charge is 2.34. The van der Waals surface area contributed by atoms with E-state index in [1.54, 1.807) is 4.90 Å². The van der Waals surface area contributed by atoms with E-state index in [9.17, 15) is 14.7 Å². The summed E-state index contributed by atoms with van der Waals surface area (Å²) in [6.45, 7) is 6.20. The molecule has 2 amide bonds. The van der Waals surface area contributed by atoms with Gasteiger partial charge >= 0.3 is 0 Å². The summed E-state index contributed by atoms with van der Waals surface area (Å²) in [6.07, 6.45) is 2.05. The van der Waals surface area contributed by atoms with Crippen LogP contribution in [0.2, 0.25) is 0 Å². The van der Waals surface area contributed by atoms with Crippen LogP contribution in [0.5, 0.6) is 0 Å². The van der Waals surface area contributed by atoms with Crippen molar-refractivity contribution in [3.8, 4) is 0 Å². The molecule has 0 aromatic carbocycles. The first kappa shape index (κ1) is 14.3. The minimum absolute atomic E-state index is 0.0116. The first-order chi connectivity index (χ1) is 8.99. The first-order valence-electron chi connectivity index (χ1n) is 7.24. The molecule has 19 heavy (non-hydrogen) atoms. The van der Waals surface area contributed by atoms with Crippen LogP contribution in [-0.2, 0) is 9.59 Å². The Kier molecular flexibility index (Phi) is 4.45. The molecular formula is C14H24N2O3. The van der Waals surface area contributed by atoms with Gasteiger partial charge in [-0.25, -0.2) is 0 Å². The Morgan fingerprint density at radius 1 is 1.11 bits per heavy atom. The van der Waals surface area contributed by atoms with E-state index in [0.29, 0.717) is 26.1 Å². The summed E-state index contributed by atoms with van der Waals surface area (Å²) < 4.78 is 0. The lowest BCUT2D eigenvalue weighted by molar-refractivity contribution is -0.142. The van der Waals surface area contributed by atoms with Crippen LogP contribution in [0.4, 0.5) is 0 Å². The lowest BCUT2D eigenvalue weighted by atomic mass is 9.95. The van der Waals surface area contributed by atoms with Gasteiger partial charge in [-0.2, -0.15) is 0 Å². The standard InChI is InChI=1S/C14H24N2O3/c1-10(2)13(18)15-6-3-4-11(8-15)14(19)16-7-5-12(17)9-16/h10-12,17H,3-9H2,1-2H3/t11?,12-/m1/s1. The molecule has 2 rings (SSSR count). The van der Waals surface area contributed by atoms with Crippen molar-refractivity contribution in [1.29, 1.82) is 0 Å². The number of nitrogens with zero attached hydrogens (tertiary/aromatic N) is 2. The molecule has 5 heteroatoms. The second-order valence-corrected chi connectivity index (χ2v) is 6.00. The third-order valence-corrected chi connectivity index (χ3v) is 4.05. The van der Waals surface area contributed by atoms with Gasteiger partial charge in [0.15, 0.2) is 0 Å². The first-order valence-corrected chi connectivity index (χ1v) is 7.24. The van der Waals surface area contributed by atoms with E-state index in [0.717, 1.165) is 19.4 Å². The molecule has 0 bridgehead atoms. The van der Waals surface area contributed by atoms with Crippen molar-refractivity contribution >= 4 is 11.8 Å². The van der Waals surface area contributed by atoms with E-state index in [1.165, 1.54) is 0 Å². The molecule has 2 aliphatic rings. The van der Waals surface area contributed by atoms with E-state index < -0.39 is 0 Å². The fraction of sp³-hybridized carbons (Fsp3) is 0.857. The SMILES string of the molecule is CC(C)C(=O)N1CCCC(C(=O)N2CC[C@@H](O)C2)C1. The second-order valence-electron chi connectivity index (χ2n) is 6.00. The molecule has 0 saturated carbocycles. The monoisotopic (exact) mass is 268 g/mol. The number of rotatable bonds is 2. The van der Waals surface area contributed by atoms with Gasteiger partial charge in [0, 0.05) is 32.1 Å². The van der Waals surface area contributed by atoms with Crippen LogP contribution < -0.4 is 0 Å². The Labute approximate surface area is 114 Å². The quantitative estimate of drug-likeness (QED) is 0.792. The van der Waals surface area contributed by atoms with Crippen molar-refractivity contribution in [2.45, 2.75) is 39.2 Å². The number of β-amino-alcohol motifs (C(OH)–C–C–N with tert-alkyl or cyclic N) is 1. The molecule has 0 aromatic heterocycles. The number of aliphatic hydroxyl groups excluding tert-OH is 1. The van der Waals surface area contributed by atoms with E-state index >= 15 is 0 Å². The van der Waals surface area contributed by atoms with E-state index in [4.69, 9.17) is 0 Å². The molecule has 1 unspecified atom stereocenters. The Hall–Kier alpha value is -1.10. The maximum Gasteiger partial charge on any atom is 0.227 e. The summed E-state index contributed by atoms with van der Waals surface area (Å²) in [7, 11) is 0. The Morgan fingerprint density at radius 3 is 2.42 bits per heavy atom. The largest absolute Gasteiger partial charge is 0.391 e. The van der Waals surface area contributed by atoms with Crippen LogP contribution in [0.25, 0.3) is 0 Å². The van der Waals surface area contributed by atoms with Crippen molar-refractivity contribution < 1.29 is 14.7 Å². The van der Waals surface area contributed by atoms with Crippen LogP contribution >= 0.6 is 0 Å². The maximum absolute atomic E-state index is 12.4. The van der Waals surface area contributed by atoms with Crippen LogP contribution in [0.3, 0.4) is 0 Å². The smallest absolute Gasteiger partial charge is 0.227 e. The van der Waals surface area contributed by atoms with Gasteiger partial charge in [-0.05, 0) is 19.3 Å². The number of likely N-dealkylation sites (tertiary alicyclic amines) is 2. The Morgan fingerprint density at radius 2 is 1.84 bits per heavy atom. The van der Waals surface area contributed by atoms with Gasteiger partial charge in [0.2, 0.25) is 11.8 Å². The summed E-state index contributed by atoms with van der Waals surface area (Å²) in [5.41, 5.74) is 0. The van der Waals surface area contributed by atoms with Crippen LogP contribution in [0.15, 0.2) is 0 Å². The topological polar surface area (TPSA) is 60.9 Å². The summed E-state index contributed by atoms with van der Waals surface area (Å²) in [6, 6.07) is 0. The highest BCUT2D eigenvalue weighted by molar-refractivity contribution is 5.82. The van der Waals surface area contributed by atoms with E-state index in [1.807, 2.05) is 18.7 Å². The van der Waals surface area contributed by atoms with Gasteiger partial charge < -0.3 is 14.9 Å². The predicted octanol–water partition coefficient (Wildman–Crippen LogP) is 0.474. The number of carbonyl (C=O) groups excluding carboxylic acids is 2. The minimum Gasteiger partial charge on any atom is -0.391 e. The normalized spacial score (nSPS) is 28.0. The highest BCUT2D eigenvalue weighted by Crippen LogP contribution is 2.22. The van der Waals surface area contributed by atoms with Crippen molar-refractivity contribution in [3.05, 3.63) is 0 Å². The van der Waals surface area contributed by atoms with Crippen molar-refractivity contribution in [2.24, 2.45) is 11.8 Å². The fourth-order valence-electron chi connectivity index (χ4n) is 2.94. The molecule has 5 nitrogen and oxygen atoms in total. The van der Waals surface area contributed by atoms with Gasteiger partial charge in [-0.15, -0.1) is 0 Å². The molecule has 0 aromatic rings. The second kappa shape index (κ2) is 5.90. The molecule has 2 saturated heterocycles. The molecular weight excluding hydrogens is 244 g/mol. The zero-order valence-corrected chi connectivity index (χ0v) is 11.8. The van der Waals surface area contributed by atoms with Gasteiger partial charge in [0.05, 0.1) is 12.0 Å². The molecule has 2 atom stereocenters. The lowest BCUT2D eigenvalue weighted by Gasteiger charge is -2.34. The number of carbonyl (C=O) groups is 2. The maximum atomic E-state index is 12.4. The zero-order valence-electron chi connectivity index (χ0n) is 11.8. The summed E-state index contributed by atoms with van der Waals surface area (Å²) in [4.78, 5) is 27.9. The molecule has 0 aliphatic carbocycles. The molecule has 108 valence electrons. The number of piperidine rings is 1. The minimum atomic E-state index is -0.374. The van der Waals surface area contributed by atoms with Crippen LogP contribution in [0.1, 0.15) is 33.1 Å². The lowest BCUT2D eigenvalue weighted by Crippen LogP contribution is -2.47. The molecule has 1 N–H and O–H groups in total. The molecule has 2 fully saturated rings. The van der Waals surface area contributed by atoms with Crippen molar-refractivity contribution in [1.82, 2.24) is 9.80 Å². The van der Waals surface area contributed by atoms with Gasteiger partial charge in [-0.3, -0.25) is 9.59 Å². The summed E-state index contributed by atoms with van der Waals surface area (Å²) >= 11 is 0. The highest BCUT2D eigenvalue weighted by atomic mass is 16.3. The molecule has 0 radical (unpaired) electrons. The summed E-state index contributed by atoms with van der Waals surface area (Å²) in [5, 5.41) is 9.50. The molecule has 2 heterocycles. The van der Waals surface area contributed by atoms with Crippen molar-refractivity contribution in [2.75, 3.05) is 26.2 Å². The van der Waals surface area contributed by atoms with E-state index in [-0.39, 0.29) is 29.8 Å². The summed E-state index contributed by atoms with van der Waals surface area (Å²) in [5.74, 6) is 0.154. The average molecular weight is 268 g/mol. The van der Waals surface area contributed by atoms with Gasteiger partial charge in [0.1, 0.15) is 0 Å². The predicted molar refractivity (Wildman–Crippen MR) is 71.3 cm³/mol. The molecule has 0 spiro atoms. The van der Waals surface area contributed by atoms with Crippen molar-refractivity contribution in [3.63, 3.8) is 0 Å². The van der Waals surface area contributed by atoms with Gasteiger partial charge in [-0.1, -0.05) is 13.8 Å². The average Bonchev–Trinajstić information content (AvgIpc) is 2.83.